The van der Waals surface area contributed by atoms with E-state index in [9.17, 15) is 0 Å². The molecule has 2 heteroatoms. The van der Waals surface area contributed by atoms with E-state index in [4.69, 9.17) is 5.26 Å². The van der Waals surface area contributed by atoms with E-state index in [1.165, 1.54) is 0 Å². The maximum atomic E-state index is 8.32. The van der Waals surface area contributed by atoms with Gasteiger partial charge in [0.05, 0.1) is 0 Å². The number of rotatable bonds is 4. The van der Waals surface area contributed by atoms with E-state index in [0.717, 1.165) is 12.8 Å². The molecule has 1 atom stereocenters. The molecular formula is C8H16N2. The highest BCUT2D eigenvalue weighted by Gasteiger charge is 2.11. The Labute approximate surface area is 63.2 Å². The fourth-order valence-corrected chi connectivity index (χ4v) is 1.22. The van der Waals surface area contributed by atoms with Gasteiger partial charge in [-0.05, 0) is 12.8 Å². The van der Waals surface area contributed by atoms with Crippen LogP contribution >= 0.6 is 0 Å². The SMILES string of the molecule is CCC(CC)C(C)NC#N. The first-order valence-electron chi connectivity index (χ1n) is 3.90. The molecule has 1 unspecified atom stereocenters. The first-order valence-corrected chi connectivity index (χ1v) is 3.90. The summed E-state index contributed by atoms with van der Waals surface area (Å²) in [4.78, 5) is 0. The van der Waals surface area contributed by atoms with Crippen LogP contribution in [-0.2, 0) is 0 Å². The number of hydrogen-bond acceptors (Lipinski definition) is 2. The van der Waals surface area contributed by atoms with Crippen molar-refractivity contribution in [1.29, 1.82) is 5.26 Å². The van der Waals surface area contributed by atoms with Crippen LogP contribution < -0.4 is 5.32 Å². The van der Waals surface area contributed by atoms with Gasteiger partial charge in [-0.3, -0.25) is 0 Å². The number of nitrogens with one attached hydrogen (secondary N) is 1. The van der Waals surface area contributed by atoms with E-state index >= 15 is 0 Å². The molecule has 0 aliphatic heterocycles. The van der Waals surface area contributed by atoms with Gasteiger partial charge < -0.3 is 5.32 Å². The van der Waals surface area contributed by atoms with Crippen molar-refractivity contribution in [2.24, 2.45) is 5.92 Å². The molecule has 0 rings (SSSR count). The molecule has 0 spiro atoms. The second-order valence-electron chi connectivity index (χ2n) is 2.62. The number of nitriles is 1. The molecule has 0 heterocycles. The van der Waals surface area contributed by atoms with Gasteiger partial charge in [0.2, 0.25) is 0 Å². The van der Waals surface area contributed by atoms with Gasteiger partial charge in [0, 0.05) is 6.04 Å². The summed E-state index contributed by atoms with van der Waals surface area (Å²) in [5, 5.41) is 11.1. The maximum Gasteiger partial charge on any atom is 0.176 e. The summed E-state index contributed by atoms with van der Waals surface area (Å²) in [5.74, 6) is 0.639. The summed E-state index contributed by atoms with van der Waals surface area (Å²) in [7, 11) is 0. The number of hydrogen-bond donors (Lipinski definition) is 1. The lowest BCUT2D eigenvalue weighted by Gasteiger charge is -2.18. The van der Waals surface area contributed by atoms with Crippen LogP contribution in [0.25, 0.3) is 0 Å². The van der Waals surface area contributed by atoms with E-state index < -0.39 is 0 Å². The summed E-state index contributed by atoms with van der Waals surface area (Å²) in [6, 6.07) is 0.333. The van der Waals surface area contributed by atoms with Crippen LogP contribution in [0.5, 0.6) is 0 Å². The lowest BCUT2D eigenvalue weighted by atomic mass is 9.96. The Hall–Kier alpha value is -0.710. The van der Waals surface area contributed by atoms with Gasteiger partial charge in [-0.15, -0.1) is 0 Å². The van der Waals surface area contributed by atoms with Gasteiger partial charge >= 0.3 is 0 Å². The fraction of sp³-hybridized carbons (Fsp3) is 0.875. The van der Waals surface area contributed by atoms with Crippen molar-refractivity contribution in [3.8, 4) is 6.19 Å². The average molecular weight is 140 g/mol. The van der Waals surface area contributed by atoms with Gasteiger partial charge in [0.25, 0.3) is 0 Å². The minimum atomic E-state index is 0.333. The Morgan fingerprint density at radius 3 is 2.20 bits per heavy atom. The topological polar surface area (TPSA) is 35.8 Å². The molecule has 0 aliphatic rings. The Kier molecular flexibility index (Phi) is 4.74. The average Bonchev–Trinajstić information content (AvgIpc) is 1.91. The largest absolute Gasteiger partial charge is 0.321 e. The zero-order valence-corrected chi connectivity index (χ0v) is 7.02. The molecule has 0 bridgehead atoms. The van der Waals surface area contributed by atoms with E-state index in [2.05, 4.69) is 26.1 Å². The molecule has 0 saturated carbocycles. The molecule has 0 aromatic carbocycles. The van der Waals surface area contributed by atoms with Crippen molar-refractivity contribution < 1.29 is 0 Å². The van der Waals surface area contributed by atoms with Gasteiger partial charge in [0.15, 0.2) is 6.19 Å². The van der Waals surface area contributed by atoms with Gasteiger partial charge in [0.1, 0.15) is 0 Å². The predicted octanol–water partition coefficient (Wildman–Crippen LogP) is 1.88. The van der Waals surface area contributed by atoms with Gasteiger partial charge in [-0.1, -0.05) is 26.7 Å². The molecule has 0 amide bonds. The third-order valence-corrected chi connectivity index (χ3v) is 2.05. The van der Waals surface area contributed by atoms with Crippen molar-refractivity contribution in [2.45, 2.75) is 39.7 Å². The molecule has 0 radical (unpaired) electrons. The van der Waals surface area contributed by atoms with Crippen molar-refractivity contribution in [3.63, 3.8) is 0 Å². The van der Waals surface area contributed by atoms with Crippen LogP contribution in [0.1, 0.15) is 33.6 Å². The molecule has 0 aliphatic carbocycles. The standard InChI is InChI=1S/C8H16N2/c1-4-8(5-2)7(3)10-6-9/h7-8,10H,4-5H2,1-3H3. The molecule has 2 nitrogen and oxygen atoms in total. The zero-order valence-electron chi connectivity index (χ0n) is 7.02. The van der Waals surface area contributed by atoms with Crippen molar-refractivity contribution in [2.75, 3.05) is 0 Å². The molecule has 0 aromatic rings. The quantitative estimate of drug-likeness (QED) is 0.478. The summed E-state index contributed by atoms with van der Waals surface area (Å²) < 4.78 is 0. The lowest BCUT2D eigenvalue weighted by Crippen LogP contribution is -2.29. The minimum Gasteiger partial charge on any atom is -0.321 e. The van der Waals surface area contributed by atoms with E-state index in [1.54, 1.807) is 0 Å². The minimum absolute atomic E-state index is 0.333. The zero-order chi connectivity index (χ0) is 7.98. The number of nitrogens with zero attached hydrogens (tertiary/aromatic N) is 1. The first kappa shape index (κ1) is 9.29. The lowest BCUT2D eigenvalue weighted by molar-refractivity contribution is 0.386. The Bertz CT molecular complexity index is 111. The fourth-order valence-electron chi connectivity index (χ4n) is 1.22. The molecule has 0 saturated heterocycles. The van der Waals surface area contributed by atoms with Gasteiger partial charge in [-0.25, -0.2) is 0 Å². The van der Waals surface area contributed by atoms with Crippen LogP contribution in [0.15, 0.2) is 0 Å². The monoisotopic (exact) mass is 140 g/mol. The highest BCUT2D eigenvalue weighted by molar-refractivity contribution is 4.77. The molecule has 10 heavy (non-hydrogen) atoms. The summed E-state index contributed by atoms with van der Waals surface area (Å²) in [6.45, 7) is 6.37. The second kappa shape index (κ2) is 5.10. The summed E-state index contributed by atoms with van der Waals surface area (Å²) in [6.07, 6.45) is 4.26. The van der Waals surface area contributed by atoms with Crippen molar-refractivity contribution in [3.05, 3.63) is 0 Å². The first-order chi connectivity index (χ1) is 4.76. The van der Waals surface area contributed by atoms with Crippen molar-refractivity contribution >= 4 is 0 Å². The third kappa shape index (κ3) is 2.72. The van der Waals surface area contributed by atoms with Crippen LogP contribution in [0.2, 0.25) is 0 Å². The second-order valence-corrected chi connectivity index (χ2v) is 2.62. The Balaban J connectivity index is 3.66. The molecule has 58 valence electrons. The molecule has 1 N–H and O–H groups in total. The third-order valence-electron chi connectivity index (χ3n) is 2.05. The van der Waals surface area contributed by atoms with E-state index in [-0.39, 0.29) is 0 Å². The Morgan fingerprint density at radius 2 is 1.90 bits per heavy atom. The van der Waals surface area contributed by atoms with Crippen LogP contribution in [0.3, 0.4) is 0 Å². The maximum absolute atomic E-state index is 8.32. The van der Waals surface area contributed by atoms with Crippen molar-refractivity contribution in [1.82, 2.24) is 5.32 Å². The van der Waals surface area contributed by atoms with Crippen LogP contribution in [0, 0.1) is 17.4 Å². The smallest absolute Gasteiger partial charge is 0.176 e. The molecule has 0 fully saturated rings. The highest BCUT2D eigenvalue weighted by Crippen LogP contribution is 2.11. The van der Waals surface area contributed by atoms with E-state index in [0.29, 0.717) is 12.0 Å². The summed E-state index contributed by atoms with van der Waals surface area (Å²) in [5.41, 5.74) is 0. The highest BCUT2D eigenvalue weighted by atomic mass is 14.9. The van der Waals surface area contributed by atoms with Crippen LogP contribution in [0.4, 0.5) is 0 Å². The normalized spacial score (nSPS) is 12.7. The summed E-state index contributed by atoms with van der Waals surface area (Å²) >= 11 is 0. The Morgan fingerprint density at radius 1 is 1.40 bits per heavy atom. The predicted molar refractivity (Wildman–Crippen MR) is 42.3 cm³/mol. The van der Waals surface area contributed by atoms with Gasteiger partial charge in [-0.2, -0.15) is 5.26 Å². The molecular weight excluding hydrogens is 124 g/mol. The van der Waals surface area contributed by atoms with Crippen LogP contribution in [-0.4, -0.2) is 6.04 Å². The molecule has 0 aromatic heterocycles. The van der Waals surface area contributed by atoms with E-state index in [1.807, 2.05) is 6.19 Å².